The zero-order chi connectivity index (χ0) is 17.1. The Bertz CT molecular complexity index is 853. The molecule has 24 heavy (non-hydrogen) atoms. The maximum atomic E-state index is 12.7. The van der Waals surface area contributed by atoms with Crippen LogP contribution in [0, 0.1) is 6.92 Å². The lowest BCUT2D eigenvalue weighted by Crippen LogP contribution is -2.27. The zero-order valence-corrected chi connectivity index (χ0v) is 15.2. The Hall–Kier alpha value is -2.17. The molecule has 0 N–H and O–H groups in total. The van der Waals surface area contributed by atoms with E-state index < -0.39 is 0 Å². The molecular weight excluding hydrogens is 334 g/mol. The molecule has 4 heteroatoms. The van der Waals surface area contributed by atoms with E-state index in [2.05, 4.69) is 6.08 Å². The number of anilines is 1. The summed E-state index contributed by atoms with van der Waals surface area (Å²) in [5, 5.41) is 0. The van der Waals surface area contributed by atoms with Crippen LogP contribution in [0.25, 0.3) is 6.08 Å². The van der Waals surface area contributed by atoms with Crippen molar-refractivity contribution in [3.8, 4) is 0 Å². The number of nitrogens with zero attached hydrogens (tertiary/aromatic N) is 1. The van der Waals surface area contributed by atoms with Crippen LogP contribution in [0.1, 0.15) is 18.1 Å². The molecule has 2 aromatic carbocycles. The van der Waals surface area contributed by atoms with Crippen molar-refractivity contribution in [1.82, 2.24) is 0 Å². The first-order chi connectivity index (χ1) is 11.5. The Labute approximate surface area is 151 Å². The quantitative estimate of drug-likeness (QED) is 0.549. The van der Waals surface area contributed by atoms with Crippen LogP contribution >= 0.6 is 24.0 Å². The fourth-order valence-electron chi connectivity index (χ4n) is 2.52. The molecule has 0 radical (unpaired) electrons. The van der Waals surface area contributed by atoms with Gasteiger partial charge in [0.05, 0.1) is 10.6 Å². The predicted molar refractivity (Wildman–Crippen MR) is 107 cm³/mol. The number of allylic oxidation sites excluding steroid dienone is 2. The summed E-state index contributed by atoms with van der Waals surface area (Å²) in [5.74, 6) is -0.0589. The Balaban J connectivity index is 1.87. The van der Waals surface area contributed by atoms with Crippen LogP contribution in [0.4, 0.5) is 5.69 Å². The summed E-state index contributed by atoms with van der Waals surface area (Å²) in [6.07, 6.45) is 3.96. The van der Waals surface area contributed by atoms with E-state index in [0.29, 0.717) is 9.23 Å². The van der Waals surface area contributed by atoms with Crippen molar-refractivity contribution in [1.29, 1.82) is 0 Å². The third-order valence-electron chi connectivity index (χ3n) is 3.61. The molecule has 1 aliphatic heterocycles. The number of hydrogen-bond acceptors (Lipinski definition) is 3. The Morgan fingerprint density at radius 3 is 2.58 bits per heavy atom. The molecule has 0 bridgehead atoms. The zero-order valence-electron chi connectivity index (χ0n) is 13.5. The third kappa shape index (κ3) is 3.66. The van der Waals surface area contributed by atoms with Gasteiger partial charge in [-0.2, -0.15) is 0 Å². The average Bonchev–Trinajstić information content (AvgIpc) is 2.82. The maximum absolute atomic E-state index is 12.7. The smallest absolute Gasteiger partial charge is 0.268 e. The van der Waals surface area contributed by atoms with E-state index in [1.807, 2.05) is 74.5 Å². The molecule has 1 fully saturated rings. The molecule has 2 nitrogen and oxygen atoms in total. The molecule has 0 spiro atoms. The highest BCUT2D eigenvalue weighted by Gasteiger charge is 2.33. The predicted octanol–water partition coefficient (Wildman–Crippen LogP) is 5.35. The standard InChI is InChI=1S/C20H17NOS2/c1-14-7-6-10-17(12-14)21-19(22)18(24-20(21)23)13-15(2)11-16-8-4-3-5-9-16/h3-13H,1-2H3/b15-11+,18-13+. The van der Waals surface area contributed by atoms with Crippen molar-refractivity contribution in [3.63, 3.8) is 0 Å². The molecule has 0 atom stereocenters. The number of thioether (sulfide) groups is 1. The first-order valence-electron chi connectivity index (χ1n) is 7.62. The van der Waals surface area contributed by atoms with Gasteiger partial charge >= 0.3 is 0 Å². The van der Waals surface area contributed by atoms with Gasteiger partial charge in [0.1, 0.15) is 0 Å². The average molecular weight is 351 g/mol. The summed E-state index contributed by atoms with van der Waals surface area (Å²) in [7, 11) is 0. The summed E-state index contributed by atoms with van der Waals surface area (Å²) in [5.41, 5.74) is 4.06. The van der Waals surface area contributed by atoms with Gasteiger partial charge in [-0.05, 0) is 48.8 Å². The lowest BCUT2D eigenvalue weighted by atomic mass is 10.1. The van der Waals surface area contributed by atoms with E-state index in [9.17, 15) is 4.79 Å². The second-order valence-corrected chi connectivity index (χ2v) is 7.33. The van der Waals surface area contributed by atoms with E-state index in [0.717, 1.165) is 22.4 Å². The topological polar surface area (TPSA) is 20.3 Å². The SMILES string of the molecule is CC(=C\c1ccccc1)/C=C1/SC(=S)N(c2cccc(C)c2)C1=O. The monoisotopic (exact) mass is 351 g/mol. The summed E-state index contributed by atoms with van der Waals surface area (Å²) in [4.78, 5) is 15.0. The fourth-order valence-corrected chi connectivity index (χ4v) is 3.87. The molecule has 0 unspecified atom stereocenters. The van der Waals surface area contributed by atoms with Gasteiger partial charge in [0.2, 0.25) is 0 Å². The van der Waals surface area contributed by atoms with Gasteiger partial charge in [0, 0.05) is 0 Å². The van der Waals surface area contributed by atoms with Crippen LogP contribution in [0.3, 0.4) is 0 Å². The molecule has 1 heterocycles. The minimum atomic E-state index is -0.0589. The van der Waals surface area contributed by atoms with E-state index in [4.69, 9.17) is 12.2 Å². The van der Waals surface area contributed by atoms with Crippen LogP contribution in [-0.4, -0.2) is 10.2 Å². The van der Waals surface area contributed by atoms with E-state index >= 15 is 0 Å². The van der Waals surface area contributed by atoms with E-state index in [1.165, 1.54) is 11.8 Å². The third-order valence-corrected chi connectivity index (χ3v) is 4.91. The summed E-state index contributed by atoms with van der Waals surface area (Å²) < 4.78 is 0.573. The summed E-state index contributed by atoms with van der Waals surface area (Å²) in [6.45, 7) is 4.00. The van der Waals surface area contributed by atoms with Crippen molar-refractivity contribution < 1.29 is 4.79 Å². The number of aryl methyl sites for hydroxylation is 1. The first-order valence-corrected chi connectivity index (χ1v) is 8.85. The number of thiocarbonyl (C=S) groups is 1. The molecule has 1 aliphatic rings. The van der Waals surface area contributed by atoms with Gasteiger partial charge in [-0.1, -0.05) is 72.5 Å². The molecule has 0 aliphatic carbocycles. The van der Waals surface area contributed by atoms with Crippen molar-refractivity contribution in [2.45, 2.75) is 13.8 Å². The Morgan fingerprint density at radius 1 is 1.12 bits per heavy atom. The van der Waals surface area contributed by atoms with Crippen LogP contribution in [0.2, 0.25) is 0 Å². The molecule has 3 rings (SSSR count). The number of benzene rings is 2. The normalized spacial score (nSPS) is 17.0. The van der Waals surface area contributed by atoms with Crippen LogP contribution in [0.5, 0.6) is 0 Å². The highest BCUT2D eigenvalue weighted by molar-refractivity contribution is 8.27. The number of rotatable bonds is 3. The van der Waals surface area contributed by atoms with E-state index in [1.54, 1.807) is 4.90 Å². The summed E-state index contributed by atoms with van der Waals surface area (Å²) in [6, 6.07) is 17.9. The molecular formula is C20H17NOS2. The van der Waals surface area contributed by atoms with Crippen molar-refractivity contribution >= 4 is 46.0 Å². The second kappa shape index (κ2) is 7.16. The second-order valence-electron chi connectivity index (χ2n) is 5.66. The molecule has 1 saturated heterocycles. The van der Waals surface area contributed by atoms with Crippen LogP contribution < -0.4 is 4.90 Å². The van der Waals surface area contributed by atoms with Gasteiger partial charge in [-0.25, -0.2) is 0 Å². The van der Waals surface area contributed by atoms with Crippen molar-refractivity contribution in [3.05, 3.63) is 82.3 Å². The van der Waals surface area contributed by atoms with Crippen LogP contribution in [0.15, 0.2) is 71.2 Å². The maximum Gasteiger partial charge on any atom is 0.270 e. The van der Waals surface area contributed by atoms with Gasteiger partial charge < -0.3 is 0 Å². The van der Waals surface area contributed by atoms with Gasteiger partial charge in [-0.3, -0.25) is 9.69 Å². The molecule has 2 aromatic rings. The van der Waals surface area contributed by atoms with Gasteiger partial charge in [0.15, 0.2) is 4.32 Å². The Morgan fingerprint density at radius 2 is 1.88 bits per heavy atom. The Kier molecular flexibility index (Phi) is 4.97. The number of hydrogen-bond donors (Lipinski definition) is 0. The molecule has 120 valence electrons. The number of carbonyl (C=O) groups is 1. The van der Waals surface area contributed by atoms with Crippen molar-refractivity contribution in [2.75, 3.05) is 4.90 Å². The lowest BCUT2D eigenvalue weighted by molar-refractivity contribution is -0.113. The highest BCUT2D eigenvalue weighted by Crippen LogP contribution is 2.35. The van der Waals surface area contributed by atoms with E-state index in [-0.39, 0.29) is 5.91 Å². The van der Waals surface area contributed by atoms with Crippen molar-refractivity contribution in [2.24, 2.45) is 0 Å². The molecule has 0 aromatic heterocycles. The minimum absolute atomic E-state index is 0.0589. The lowest BCUT2D eigenvalue weighted by Gasteiger charge is -2.14. The fraction of sp³-hybridized carbons (Fsp3) is 0.100. The largest absolute Gasteiger partial charge is 0.270 e. The number of amides is 1. The molecule has 0 saturated carbocycles. The highest BCUT2D eigenvalue weighted by atomic mass is 32.2. The minimum Gasteiger partial charge on any atom is -0.268 e. The molecule has 1 amide bonds. The number of carbonyl (C=O) groups excluding carboxylic acids is 1. The first kappa shape index (κ1) is 16.7. The summed E-state index contributed by atoms with van der Waals surface area (Å²) >= 11 is 6.76. The van der Waals surface area contributed by atoms with Gasteiger partial charge in [-0.15, -0.1) is 0 Å². The van der Waals surface area contributed by atoms with Gasteiger partial charge in [0.25, 0.3) is 5.91 Å². The van der Waals surface area contributed by atoms with Crippen LogP contribution in [-0.2, 0) is 4.79 Å².